The van der Waals surface area contributed by atoms with Gasteiger partial charge in [-0.15, -0.1) is 24.0 Å². The van der Waals surface area contributed by atoms with Gasteiger partial charge in [-0.1, -0.05) is 17.7 Å². The van der Waals surface area contributed by atoms with E-state index in [1.54, 1.807) is 0 Å². The zero-order chi connectivity index (χ0) is 17.7. The van der Waals surface area contributed by atoms with E-state index in [0.29, 0.717) is 23.6 Å². The molecule has 3 rings (SSSR count). The summed E-state index contributed by atoms with van der Waals surface area (Å²) in [6.45, 7) is 9.97. The third-order valence-electron chi connectivity index (χ3n) is 4.99. The molecule has 7 heteroatoms. The van der Waals surface area contributed by atoms with Crippen LogP contribution < -0.4 is 10.1 Å². The standard InChI is InChI=1S/C19H28ClN3O2.HI/c1-3-21-18(23-9-7-19(13-23)8-10-24-14-19)22-12-15-5-6-16(20)11-17(15)25-4-2;/h5-6,11H,3-4,7-10,12-14H2,1-2H3,(H,21,22);1H. The highest BCUT2D eigenvalue weighted by molar-refractivity contribution is 14.0. The quantitative estimate of drug-likeness (QED) is 0.383. The summed E-state index contributed by atoms with van der Waals surface area (Å²) in [6.07, 6.45) is 2.34. The van der Waals surface area contributed by atoms with Crippen molar-refractivity contribution in [3.05, 3.63) is 28.8 Å². The van der Waals surface area contributed by atoms with Gasteiger partial charge in [-0.25, -0.2) is 4.99 Å². The summed E-state index contributed by atoms with van der Waals surface area (Å²) < 4.78 is 11.3. The average Bonchev–Trinajstić information content (AvgIpc) is 3.23. The van der Waals surface area contributed by atoms with Gasteiger partial charge in [0.2, 0.25) is 0 Å². The Balaban J connectivity index is 0.00000243. The first-order valence-electron chi connectivity index (χ1n) is 9.18. The third kappa shape index (κ3) is 5.16. The van der Waals surface area contributed by atoms with Crippen LogP contribution in [-0.4, -0.2) is 50.3 Å². The molecule has 1 unspecified atom stereocenters. The molecule has 2 aliphatic rings. The minimum atomic E-state index is 0. The molecule has 26 heavy (non-hydrogen) atoms. The van der Waals surface area contributed by atoms with Crippen molar-refractivity contribution >= 4 is 41.5 Å². The van der Waals surface area contributed by atoms with Crippen molar-refractivity contribution in [2.75, 3.05) is 39.5 Å². The second kappa shape index (κ2) is 9.99. The molecule has 146 valence electrons. The van der Waals surface area contributed by atoms with E-state index in [-0.39, 0.29) is 24.0 Å². The van der Waals surface area contributed by atoms with Gasteiger partial charge < -0.3 is 19.7 Å². The van der Waals surface area contributed by atoms with Crippen LogP contribution in [0.3, 0.4) is 0 Å². The molecule has 1 N–H and O–H groups in total. The fourth-order valence-corrected chi connectivity index (χ4v) is 3.78. The number of hydrogen-bond acceptors (Lipinski definition) is 3. The average molecular weight is 494 g/mol. The Kier molecular flexibility index (Phi) is 8.29. The maximum atomic E-state index is 6.09. The van der Waals surface area contributed by atoms with Crippen LogP contribution in [0.1, 0.15) is 32.3 Å². The van der Waals surface area contributed by atoms with Crippen LogP contribution in [0.4, 0.5) is 0 Å². The lowest BCUT2D eigenvalue weighted by Crippen LogP contribution is -2.41. The molecule has 1 atom stereocenters. The van der Waals surface area contributed by atoms with Crippen molar-refractivity contribution in [2.24, 2.45) is 10.4 Å². The van der Waals surface area contributed by atoms with E-state index in [1.807, 2.05) is 25.1 Å². The highest BCUT2D eigenvalue weighted by Crippen LogP contribution is 2.38. The number of nitrogens with one attached hydrogen (secondary N) is 1. The summed E-state index contributed by atoms with van der Waals surface area (Å²) in [5.41, 5.74) is 1.38. The minimum absolute atomic E-state index is 0. The zero-order valence-electron chi connectivity index (χ0n) is 15.6. The minimum Gasteiger partial charge on any atom is -0.493 e. The van der Waals surface area contributed by atoms with Crippen LogP contribution >= 0.6 is 35.6 Å². The Hall–Kier alpha value is -0.730. The Morgan fingerprint density at radius 1 is 1.38 bits per heavy atom. The van der Waals surface area contributed by atoms with Gasteiger partial charge in [-0.05, 0) is 38.8 Å². The molecular formula is C19H29ClIN3O2. The first-order chi connectivity index (χ1) is 12.2. The lowest BCUT2D eigenvalue weighted by Gasteiger charge is -2.25. The molecule has 2 fully saturated rings. The third-order valence-corrected chi connectivity index (χ3v) is 5.22. The maximum Gasteiger partial charge on any atom is 0.194 e. The molecule has 1 spiro atoms. The van der Waals surface area contributed by atoms with E-state index in [0.717, 1.165) is 56.5 Å². The molecule has 1 aromatic rings. The van der Waals surface area contributed by atoms with Gasteiger partial charge in [0.25, 0.3) is 0 Å². The molecule has 2 aliphatic heterocycles. The van der Waals surface area contributed by atoms with Crippen LogP contribution in [-0.2, 0) is 11.3 Å². The van der Waals surface area contributed by atoms with E-state index < -0.39 is 0 Å². The molecule has 0 radical (unpaired) electrons. The topological polar surface area (TPSA) is 46.1 Å². The summed E-state index contributed by atoms with van der Waals surface area (Å²) in [5.74, 6) is 1.79. The van der Waals surface area contributed by atoms with Crippen molar-refractivity contribution in [3.8, 4) is 5.75 Å². The monoisotopic (exact) mass is 493 g/mol. The maximum absolute atomic E-state index is 6.09. The van der Waals surface area contributed by atoms with E-state index >= 15 is 0 Å². The summed E-state index contributed by atoms with van der Waals surface area (Å²) in [4.78, 5) is 7.23. The zero-order valence-corrected chi connectivity index (χ0v) is 18.7. The van der Waals surface area contributed by atoms with Crippen molar-refractivity contribution in [1.29, 1.82) is 0 Å². The molecule has 1 aromatic carbocycles. The van der Waals surface area contributed by atoms with Gasteiger partial charge in [0, 0.05) is 42.2 Å². The van der Waals surface area contributed by atoms with Crippen molar-refractivity contribution in [1.82, 2.24) is 10.2 Å². The second-order valence-electron chi connectivity index (χ2n) is 6.83. The lowest BCUT2D eigenvalue weighted by atomic mass is 9.87. The number of hydrogen-bond donors (Lipinski definition) is 1. The van der Waals surface area contributed by atoms with Crippen molar-refractivity contribution in [2.45, 2.75) is 33.2 Å². The largest absolute Gasteiger partial charge is 0.493 e. The SMILES string of the molecule is CCNC(=NCc1ccc(Cl)cc1OCC)N1CCC2(CCOC2)C1.I. The number of aliphatic imine (C=N–C) groups is 1. The molecule has 0 amide bonds. The van der Waals surface area contributed by atoms with Gasteiger partial charge in [0.05, 0.1) is 19.8 Å². The van der Waals surface area contributed by atoms with Gasteiger partial charge in [-0.3, -0.25) is 0 Å². The number of ether oxygens (including phenoxy) is 2. The van der Waals surface area contributed by atoms with Crippen LogP contribution in [0.15, 0.2) is 23.2 Å². The van der Waals surface area contributed by atoms with Crippen molar-refractivity contribution < 1.29 is 9.47 Å². The number of nitrogens with zero attached hydrogens (tertiary/aromatic N) is 2. The highest BCUT2D eigenvalue weighted by atomic mass is 127. The van der Waals surface area contributed by atoms with Gasteiger partial charge in [-0.2, -0.15) is 0 Å². The number of rotatable bonds is 5. The molecule has 5 nitrogen and oxygen atoms in total. The fourth-order valence-electron chi connectivity index (χ4n) is 3.62. The molecular weight excluding hydrogens is 465 g/mol. The second-order valence-corrected chi connectivity index (χ2v) is 7.27. The number of benzene rings is 1. The summed E-state index contributed by atoms with van der Waals surface area (Å²) in [6, 6.07) is 5.75. The van der Waals surface area contributed by atoms with Gasteiger partial charge in [0.15, 0.2) is 5.96 Å². The molecule has 0 aromatic heterocycles. The van der Waals surface area contributed by atoms with E-state index in [1.165, 1.54) is 6.42 Å². The Morgan fingerprint density at radius 3 is 2.92 bits per heavy atom. The smallest absolute Gasteiger partial charge is 0.194 e. The number of guanidine groups is 1. The normalized spacial score (nSPS) is 22.6. The van der Waals surface area contributed by atoms with Gasteiger partial charge in [0.1, 0.15) is 5.75 Å². The lowest BCUT2D eigenvalue weighted by molar-refractivity contribution is 0.156. The molecule has 0 aliphatic carbocycles. The van der Waals surface area contributed by atoms with E-state index in [4.69, 9.17) is 26.1 Å². The van der Waals surface area contributed by atoms with Crippen molar-refractivity contribution in [3.63, 3.8) is 0 Å². The predicted molar refractivity (Wildman–Crippen MR) is 117 cm³/mol. The summed E-state index contributed by atoms with van der Waals surface area (Å²) >= 11 is 6.09. The van der Waals surface area contributed by atoms with Crippen LogP contribution in [0.25, 0.3) is 0 Å². The first-order valence-corrected chi connectivity index (χ1v) is 9.56. The van der Waals surface area contributed by atoms with Gasteiger partial charge >= 0.3 is 0 Å². The fraction of sp³-hybridized carbons (Fsp3) is 0.632. The number of likely N-dealkylation sites (tertiary alicyclic amines) is 1. The van der Waals surface area contributed by atoms with Crippen LogP contribution in [0.5, 0.6) is 5.75 Å². The summed E-state index contributed by atoms with van der Waals surface area (Å²) in [7, 11) is 0. The van der Waals surface area contributed by atoms with E-state index in [9.17, 15) is 0 Å². The predicted octanol–water partition coefficient (Wildman–Crippen LogP) is 3.93. The van der Waals surface area contributed by atoms with Crippen LogP contribution in [0, 0.1) is 5.41 Å². The molecule has 2 saturated heterocycles. The molecule has 2 heterocycles. The Labute approximate surface area is 178 Å². The summed E-state index contributed by atoms with van der Waals surface area (Å²) in [5, 5.41) is 4.12. The molecule has 0 bridgehead atoms. The Morgan fingerprint density at radius 2 is 2.23 bits per heavy atom. The highest BCUT2D eigenvalue weighted by Gasteiger charge is 2.42. The number of halogens is 2. The van der Waals surface area contributed by atoms with Crippen LogP contribution in [0.2, 0.25) is 5.02 Å². The first kappa shape index (κ1) is 21.6. The van der Waals surface area contributed by atoms with E-state index in [2.05, 4.69) is 17.1 Å². The molecule has 0 saturated carbocycles. The Bertz CT molecular complexity index is 621.